The molecule has 1 amide bonds. The summed E-state index contributed by atoms with van der Waals surface area (Å²) in [5, 5.41) is 2.83. The minimum absolute atomic E-state index is 0.160. The van der Waals surface area contributed by atoms with Crippen molar-refractivity contribution in [2.24, 2.45) is 0 Å². The Hall–Kier alpha value is -2.25. The number of sulfonamides is 1. The van der Waals surface area contributed by atoms with Crippen molar-refractivity contribution < 1.29 is 13.2 Å². The normalized spacial score (nSPS) is 11.4. The van der Waals surface area contributed by atoms with Gasteiger partial charge in [0.1, 0.15) is 0 Å². The van der Waals surface area contributed by atoms with Crippen molar-refractivity contribution >= 4 is 39.5 Å². The van der Waals surface area contributed by atoms with Crippen LogP contribution in [0.3, 0.4) is 0 Å². The van der Waals surface area contributed by atoms with Crippen LogP contribution in [0.5, 0.6) is 0 Å². The van der Waals surface area contributed by atoms with Crippen molar-refractivity contribution in [1.29, 1.82) is 0 Å². The zero-order valence-corrected chi connectivity index (χ0v) is 15.4. The molecular weight excluding hydrogens is 356 g/mol. The number of anilines is 1. The highest BCUT2D eigenvalue weighted by Crippen LogP contribution is 2.15. The summed E-state index contributed by atoms with van der Waals surface area (Å²) in [7, 11) is -3.28. The molecule has 0 aliphatic carbocycles. The van der Waals surface area contributed by atoms with Crippen LogP contribution in [-0.4, -0.2) is 32.9 Å². The average molecular weight is 377 g/mol. The Morgan fingerprint density at radius 2 is 1.76 bits per heavy atom. The smallest absolute Gasteiger partial charge is 0.244 e. The van der Waals surface area contributed by atoms with Gasteiger partial charge in [-0.15, -0.1) is 11.8 Å². The standard InChI is InChI=1S/C18H20N2O3S2/c1-25(22,23)20-16-10-7-15(8-11-16)9-12-18(21)19-13-14-24-17-5-3-2-4-6-17/h2-12,20H,13-14H2,1H3,(H,19,21). The Morgan fingerprint density at radius 1 is 1.08 bits per heavy atom. The molecule has 0 aromatic heterocycles. The van der Waals surface area contributed by atoms with Crippen LogP contribution in [0.15, 0.2) is 65.6 Å². The Bertz CT molecular complexity index is 817. The SMILES string of the molecule is CS(=O)(=O)Nc1ccc(C=CC(=O)NCCSc2ccccc2)cc1. The molecule has 2 N–H and O–H groups in total. The number of carbonyl (C=O) groups is 1. The summed E-state index contributed by atoms with van der Waals surface area (Å²) in [5.41, 5.74) is 1.30. The van der Waals surface area contributed by atoms with Gasteiger partial charge in [0.25, 0.3) is 0 Å². The number of carbonyl (C=O) groups excluding carboxylic acids is 1. The van der Waals surface area contributed by atoms with Crippen molar-refractivity contribution in [1.82, 2.24) is 5.32 Å². The van der Waals surface area contributed by atoms with Crippen molar-refractivity contribution in [3.63, 3.8) is 0 Å². The number of benzene rings is 2. The molecule has 0 bridgehead atoms. The van der Waals surface area contributed by atoms with Crippen LogP contribution in [-0.2, 0) is 14.8 Å². The van der Waals surface area contributed by atoms with E-state index in [9.17, 15) is 13.2 Å². The van der Waals surface area contributed by atoms with E-state index in [1.54, 1.807) is 42.1 Å². The van der Waals surface area contributed by atoms with Gasteiger partial charge in [0, 0.05) is 29.0 Å². The fourth-order valence-electron chi connectivity index (χ4n) is 1.97. The molecule has 0 fully saturated rings. The molecule has 0 saturated heterocycles. The zero-order valence-electron chi connectivity index (χ0n) is 13.8. The van der Waals surface area contributed by atoms with Crippen molar-refractivity contribution in [2.45, 2.75) is 4.90 Å². The number of hydrogen-bond donors (Lipinski definition) is 2. The number of rotatable bonds is 8. The van der Waals surface area contributed by atoms with E-state index >= 15 is 0 Å². The monoisotopic (exact) mass is 376 g/mol. The Kier molecular flexibility index (Phi) is 7.09. The van der Waals surface area contributed by atoms with E-state index in [2.05, 4.69) is 10.0 Å². The molecule has 132 valence electrons. The van der Waals surface area contributed by atoms with Crippen LogP contribution in [0.25, 0.3) is 6.08 Å². The topological polar surface area (TPSA) is 75.3 Å². The Morgan fingerprint density at radius 3 is 2.40 bits per heavy atom. The molecule has 0 radical (unpaired) electrons. The van der Waals surface area contributed by atoms with E-state index in [4.69, 9.17) is 0 Å². The maximum absolute atomic E-state index is 11.8. The summed E-state index contributed by atoms with van der Waals surface area (Å²) in [4.78, 5) is 13.0. The van der Waals surface area contributed by atoms with Crippen LogP contribution in [0.4, 0.5) is 5.69 Å². The number of thioether (sulfide) groups is 1. The van der Waals surface area contributed by atoms with E-state index in [1.165, 1.54) is 11.0 Å². The van der Waals surface area contributed by atoms with Gasteiger partial charge >= 0.3 is 0 Å². The van der Waals surface area contributed by atoms with Gasteiger partial charge in [0.15, 0.2) is 0 Å². The molecule has 7 heteroatoms. The summed E-state index contributed by atoms with van der Waals surface area (Å²) in [5.74, 6) is 0.641. The minimum Gasteiger partial charge on any atom is -0.352 e. The summed E-state index contributed by atoms with van der Waals surface area (Å²) >= 11 is 1.69. The van der Waals surface area contributed by atoms with Crippen molar-refractivity contribution in [2.75, 3.05) is 23.3 Å². The van der Waals surface area contributed by atoms with Crippen LogP contribution in [0.1, 0.15) is 5.56 Å². The van der Waals surface area contributed by atoms with Gasteiger partial charge in [-0.2, -0.15) is 0 Å². The largest absolute Gasteiger partial charge is 0.352 e. The first-order valence-corrected chi connectivity index (χ1v) is 10.5. The van der Waals surface area contributed by atoms with Crippen molar-refractivity contribution in [3.05, 3.63) is 66.2 Å². The molecule has 2 aromatic carbocycles. The van der Waals surface area contributed by atoms with E-state index < -0.39 is 10.0 Å². The van der Waals surface area contributed by atoms with Gasteiger partial charge in [-0.3, -0.25) is 9.52 Å². The van der Waals surface area contributed by atoms with Crippen molar-refractivity contribution in [3.8, 4) is 0 Å². The van der Waals surface area contributed by atoms with E-state index in [0.717, 1.165) is 17.6 Å². The Balaban J connectivity index is 1.74. The predicted octanol–water partition coefficient (Wildman–Crippen LogP) is 2.98. The lowest BCUT2D eigenvalue weighted by Crippen LogP contribution is -2.23. The maximum Gasteiger partial charge on any atom is 0.244 e. The van der Waals surface area contributed by atoms with Gasteiger partial charge in [-0.25, -0.2) is 8.42 Å². The first kappa shape index (κ1) is 19.1. The number of nitrogens with one attached hydrogen (secondary N) is 2. The first-order valence-electron chi connectivity index (χ1n) is 7.64. The summed E-state index contributed by atoms with van der Waals surface area (Å²) < 4.78 is 24.7. The second-order valence-corrected chi connectivity index (χ2v) is 8.20. The van der Waals surface area contributed by atoms with E-state index in [-0.39, 0.29) is 5.91 Å². The Labute approximate surface area is 152 Å². The lowest BCUT2D eigenvalue weighted by Gasteiger charge is -2.04. The van der Waals surface area contributed by atoms with E-state index in [0.29, 0.717) is 12.2 Å². The van der Waals surface area contributed by atoms with Gasteiger partial charge in [-0.1, -0.05) is 30.3 Å². The molecule has 0 unspecified atom stereocenters. The third-order valence-electron chi connectivity index (χ3n) is 3.05. The quantitative estimate of drug-likeness (QED) is 0.422. The second kappa shape index (κ2) is 9.29. The molecule has 5 nitrogen and oxygen atoms in total. The summed E-state index contributed by atoms with van der Waals surface area (Å²) in [6, 6.07) is 16.8. The molecule has 0 heterocycles. The highest BCUT2D eigenvalue weighted by Gasteiger charge is 2.01. The molecule has 0 aliphatic rings. The molecule has 2 rings (SSSR count). The zero-order chi connectivity index (χ0) is 18.1. The molecular formula is C18H20N2O3S2. The van der Waals surface area contributed by atoms with Gasteiger partial charge < -0.3 is 5.32 Å². The fourth-order valence-corrected chi connectivity index (χ4v) is 3.32. The summed E-state index contributed by atoms with van der Waals surface area (Å²) in [6.45, 7) is 0.583. The van der Waals surface area contributed by atoms with Gasteiger partial charge in [0.2, 0.25) is 15.9 Å². The highest BCUT2D eigenvalue weighted by atomic mass is 32.2. The molecule has 0 spiro atoms. The molecule has 25 heavy (non-hydrogen) atoms. The highest BCUT2D eigenvalue weighted by molar-refractivity contribution is 7.99. The average Bonchev–Trinajstić information content (AvgIpc) is 2.58. The maximum atomic E-state index is 11.8. The molecule has 0 aliphatic heterocycles. The van der Waals surface area contributed by atoms with Crippen LogP contribution in [0.2, 0.25) is 0 Å². The lowest BCUT2D eigenvalue weighted by molar-refractivity contribution is -0.116. The fraction of sp³-hybridized carbons (Fsp3) is 0.167. The second-order valence-electron chi connectivity index (χ2n) is 5.28. The number of hydrogen-bond acceptors (Lipinski definition) is 4. The van der Waals surface area contributed by atoms with Crippen LogP contribution >= 0.6 is 11.8 Å². The summed E-state index contributed by atoms with van der Waals surface area (Å²) in [6.07, 6.45) is 4.25. The van der Waals surface area contributed by atoms with Crippen LogP contribution < -0.4 is 10.0 Å². The predicted molar refractivity (Wildman–Crippen MR) is 104 cm³/mol. The van der Waals surface area contributed by atoms with Crippen LogP contribution in [0, 0.1) is 0 Å². The minimum atomic E-state index is -3.28. The third kappa shape index (κ3) is 7.91. The van der Waals surface area contributed by atoms with Gasteiger partial charge in [0.05, 0.1) is 6.26 Å². The first-order chi connectivity index (χ1) is 11.9. The molecule has 2 aromatic rings. The number of amides is 1. The molecule has 0 atom stereocenters. The van der Waals surface area contributed by atoms with E-state index in [1.807, 2.05) is 30.3 Å². The molecule has 0 saturated carbocycles. The lowest BCUT2D eigenvalue weighted by atomic mass is 10.2. The third-order valence-corrected chi connectivity index (χ3v) is 4.67. The van der Waals surface area contributed by atoms with Gasteiger partial charge in [-0.05, 0) is 35.9 Å².